The molecule has 39 heavy (non-hydrogen) atoms. The van der Waals surface area contributed by atoms with Crippen molar-refractivity contribution in [3.63, 3.8) is 0 Å². The van der Waals surface area contributed by atoms with Crippen LogP contribution in [0.3, 0.4) is 0 Å². The number of hydrogen-bond donors (Lipinski definition) is 0. The van der Waals surface area contributed by atoms with Crippen LogP contribution in [0.1, 0.15) is 26.6 Å². The van der Waals surface area contributed by atoms with Gasteiger partial charge in [-0.1, -0.05) is 59.8 Å². The molecule has 0 bridgehead atoms. The number of furan rings is 1. The Bertz CT molecular complexity index is 1520. The van der Waals surface area contributed by atoms with E-state index in [4.69, 9.17) is 4.42 Å². The van der Waals surface area contributed by atoms with E-state index < -0.39 is 0 Å². The first kappa shape index (κ1) is 25.5. The van der Waals surface area contributed by atoms with Crippen LogP contribution < -0.4 is 0 Å². The minimum absolute atomic E-state index is 0.00443. The normalized spacial score (nSPS) is 14.1. The number of hydrogen-bond acceptors (Lipinski definition) is 8. The quantitative estimate of drug-likeness (QED) is 0.232. The number of nitrogens with zero attached hydrogens (tertiary/aromatic N) is 6. The molecular formula is C29H28N6O2S2. The second-order valence-corrected chi connectivity index (χ2v) is 11.3. The zero-order valence-electron chi connectivity index (χ0n) is 21.6. The zero-order chi connectivity index (χ0) is 26.6. The van der Waals surface area contributed by atoms with Crippen molar-refractivity contribution in [2.24, 2.45) is 0 Å². The van der Waals surface area contributed by atoms with Gasteiger partial charge in [0.25, 0.3) is 5.91 Å². The molecule has 0 radical (unpaired) electrons. The summed E-state index contributed by atoms with van der Waals surface area (Å²) in [5.41, 5.74) is 3.95. The van der Waals surface area contributed by atoms with Gasteiger partial charge < -0.3 is 9.32 Å². The maximum absolute atomic E-state index is 13.2. The lowest BCUT2D eigenvalue weighted by Crippen LogP contribution is -2.48. The molecule has 8 nitrogen and oxygen atoms in total. The van der Waals surface area contributed by atoms with E-state index in [0.29, 0.717) is 36.1 Å². The summed E-state index contributed by atoms with van der Waals surface area (Å²) in [7, 11) is 0. The molecule has 1 aliphatic heterocycles. The molecule has 0 atom stereocenters. The van der Waals surface area contributed by atoms with E-state index in [1.165, 1.54) is 22.5 Å². The van der Waals surface area contributed by atoms with Gasteiger partial charge in [-0.25, -0.2) is 4.98 Å². The predicted molar refractivity (Wildman–Crippen MR) is 153 cm³/mol. The highest BCUT2D eigenvalue weighted by molar-refractivity contribution is 7.98. The number of rotatable bonds is 8. The second kappa shape index (κ2) is 11.6. The number of carbonyl (C=O) groups excluding carboxylic acids is 1. The second-order valence-electron chi connectivity index (χ2n) is 9.42. The summed E-state index contributed by atoms with van der Waals surface area (Å²) in [6.07, 6.45) is 1.63. The van der Waals surface area contributed by atoms with Crippen molar-refractivity contribution >= 4 is 29.0 Å². The summed E-state index contributed by atoms with van der Waals surface area (Å²) in [5, 5.41) is 12.4. The average Bonchev–Trinajstić information content (AvgIpc) is 3.74. The Morgan fingerprint density at radius 3 is 2.51 bits per heavy atom. The maximum atomic E-state index is 13.2. The van der Waals surface area contributed by atoms with Gasteiger partial charge in [0.2, 0.25) is 5.82 Å². The fourth-order valence-corrected chi connectivity index (χ4v) is 6.31. The highest BCUT2D eigenvalue weighted by Gasteiger charge is 2.24. The van der Waals surface area contributed by atoms with Gasteiger partial charge in [0.05, 0.1) is 12.0 Å². The first-order valence-electron chi connectivity index (χ1n) is 12.8. The van der Waals surface area contributed by atoms with Gasteiger partial charge in [-0.2, -0.15) is 0 Å². The fraction of sp³-hybridized carbons (Fsp3) is 0.241. The van der Waals surface area contributed by atoms with E-state index in [2.05, 4.69) is 75.5 Å². The van der Waals surface area contributed by atoms with Gasteiger partial charge in [0.15, 0.2) is 10.9 Å². The van der Waals surface area contributed by atoms with Gasteiger partial charge in [-0.05, 0) is 36.8 Å². The topological polar surface area (TPSA) is 80.3 Å². The van der Waals surface area contributed by atoms with E-state index in [1.807, 2.05) is 33.0 Å². The number of piperazine rings is 1. The van der Waals surface area contributed by atoms with Crippen molar-refractivity contribution in [3.05, 3.63) is 100 Å². The maximum Gasteiger partial charge on any atom is 0.273 e. The van der Waals surface area contributed by atoms with Crippen LogP contribution in [0, 0.1) is 6.92 Å². The molecule has 4 heterocycles. The van der Waals surface area contributed by atoms with E-state index in [1.54, 1.807) is 18.0 Å². The summed E-state index contributed by atoms with van der Waals surface area (Å²) in [6.45, 7) is 6.12. The van der Waals surface area contributed by atoms with Crippen molar-refractivity contribution in [1.29, 1.82) is 0 Å². The minimum Gasteiger partial charge on any atom is -0.461 e. The number of benzene rings is 2. The highest BCUT2D eigenvalue weighted by Crippen LogP contribution is 2.31. The molecule has 1 fully saturated rings. The van der Waals surface area contributed by atoms with Gasteiger partial charge >= 0.3 is 0 Å². The number of aryl methyl sites for hydroxylation is 1. The average molecular weight is 557 g/mol. The molecule has 10 heteroatoms. The largest absolute Gasteiger partial charge is 0.461 e. The lowest BCUT2D eigenvalue weighted by atomic mass is 10.2. The standard InChI is InChI=1S/C29H28N6O2S2/c1-21-9-11-23(12-10-21)35-27(25-8-5-17-37-25)31-32-29(35)39-20-26-30-24(19-38-26)28(36)34-15-13-33(14-16-34)18-22-6-3-2-4-7-22/h2-12,17,19H,13-16,18,20H2,1H3. The summed E-state index contributed by atoms with van der Waals surface area (Å²) in [5.74, 6) is 1.89. The van der Waals surface area contributed by atoms with Crippen LogP contribution in [-0.2, 0) is 12.3 Å². The monoisotopic (exact) mass is 556 g/mol. The Hall–Kier alpha value is -3.73. The first-order chi connectivity index (χ1) is 19.1. The van der Waals surface area contributed by atoms with Crippen molar-refractivity contribution in [1.82, 2.24) is 29.5 Å². The molecule has 6 rings (SSSR count). The van der Waals surface area contributed by atoms with Crippen LogP contribution >= 0.6 is 23.1 Å². The van der Waals surface area contributed by atoms with Crippen molar-refractivity contribution in [2.45, 2.75) is 24.4 Å². The number of carbonyl (C=O) groups is 1. The molecular weight excluding hydrogens is 528 g/mol. The molecule has 0 N–H and O–H groups in total. The van der Waals surface area contributed by atoms with Crippen LogP contribution in [0.15, 0.2) is 87.9 Å². The molecule has 2 aromatic carbocycles. The van der Waals surface area contributed by atoms with E-state index in [-0.39, 0.29) is 5.91 Å². The number of amides is 1. The predicted octanol–water partition coefficient (Wildman–Crippen LogP) is 5.54. The summed E-state index contributed by atoms with van der Waals surface area (Å²) >= 11 is 3.05. The van der Waals surface area contributed by atoms with Crippen LogP contribution in [0.4, 0.5) is 0 Å². The fourth-order valence-electron chi connectivity index (χ4n) is 4.57. The highest BCUT2D eigenvalue weighted by atomic mass is 32.2. The summed E-state index contributed by atoms with van der Waals surface area (Å²) < 4.78 is 7.61. The Kier molecular flexibility index (Phi) is 7.57. The van der Waals surface area contributed by atoms with Gasteiger partial charge in [-0.15, -0.1) is 21.5 Å². The van der Waals surface area contributed by atoms with Crippen LogP contribution in [0.5, 0.6) is 0 Å². The molecule has 0 aliphatic carbocycles. The number of aromatic nitrogens is 4. The lowest BCUT2D eigenvalue weighted by molar-refractivity contribution is 0.0623. The molecule has 3 aromatic heterocycles. The van der Waals surface area contributed by atoms with Gasteiger partial charge in [0.1, 0.15) is 10.7 Å². The molecule has 0 saturated carbocycles. The zero-order valence-corrected chi connectivity index (χ0v) is 23.2. The third kappa shape index (κ3) is 5.83. The molecule has 1 amide bonds. The van der Waals surface area contributed by atoms with E-state index in [9.17, 15) is 4.79 Å². The van der Waals surface area contributed by atoms with E-state index in [0.717, 1.165) is 35.5 Å². The van der Waals surface area contributed by atoms with Crippen LogP contribution in [-0.4, -0.2) is 61.6 Å². The lowest BCUT2D eigenvalue weighted by Gasteiger charge is -2.34. The Morgan fingerprint density at radius 2 is 1.77 bits per heavy atom. The van der Waals surface area contributed by atoms with Crippen LogP contribution in [0.25, 0.3) is 17.3 Å². The molecule has 0 unspecified atom stereocenters. The van der Waals surface area contributed by atoms with Gasteiger partial charge in [0, 0.05) is 43.8 Å². The summed E-state index contributed by atoms with van der Waals surface area (Å²) in [6, 6.07) is 22.4. The first-order valence-corrected chi connectivity index (χ1v) is 14.7. The molecule has 198 valence electrons. The smallest absolute Gasteiger partial charge is 0.273 e. The molecule has 0 spiro atoms. The van der Waals surface area contributed by atoms with Crippen molar-refractivity contribution in [3.8, 4) is 17.3 Å². The van der Waals surface area contributed by atoms with Crippen LogP contribution in [0.2, 0.25) is 0 Å². The third-order valence-corrected chi connectivity index (χ3v) is 8.64. The molecule has 5 aromatic rings. The third-order valence-electron chi connectivity index (χ3n) is 6.67. The SMILES string of the molecule is Cc1ccc(-n2c(SCc3nc(C(=O)N4CCN(Cc5ccccc5)CC4)cs3)nnc2-c2ccco2)cc1. The minimum atomic E-state index is 0.00443. The molecule has 1 saturated heterocycles. The molecule has 1 aliphatic rings. The number of thioether (sulfide) groups is 1. The Balaban J connectivity index is 1.10. The number of thiazole rings is 1. The summed E-state index contributed by atoms with van der Waals surface area (Å²) in [4.78, 5) is 22.1. The van der Waals surface area contributed by atoms with E-state index >= 15 is 0 Å². The Morgan fingerprint density at radius 1 is 0.974 bits per heavy atom. The van der Waals surface area contributed by atoms with Gasteiger partial charge in [-0.3, -0.25) is 14.3 Å². The van der Waals surface area contributed by atoms with Crippen molar-refractivity contribution in [2.75, 3.05) is 26.2 Å². The Labute approximate surface area is 235 Å². The van der Waals surface area contributed by atoms with Crippen molar-refractivity contribution < 1.29 is 9.21 Å².